The molecule has 1 unspecified atom stereocenters. The van der Waals surface area contributed by atoms with E-state index in [1.807, 2.05) is 13.0 Å². The number of benzene rings is 1. The van der Waals surface area contributed by atoms with Crippen LogP contribution in [0.4, 0.5) is 0 Å². The first kappa shape index (κ1) is 9.53. The van der Waals surface area contributed by atoms with E-state index in [0.717, 1.165) is 11.3 Å². The average Bonchev–Trinajstić information content (AvgIpc) is 2.91. The van der Waals surface area contributed by atoms with E-state index in [9.17, 15) is 0 Å². The maximum Gasteiger partial charge on any atom is 0.124 e. The zero-order valence-corrected chi connectivity index (χ0v) is 8.79. The maximum atomic E-state index is 5.90. The molecule has 2 N–H and O–H groups in total. The molecule has 2 rings (SSSR count). The van der Waals surface area contributed by atoms with Crippen molar-refractivity contribution in [1.29, 1.82) is 0 Å². The standard InChI is InChI=1S/C12H17NO/c1-8-3-6-12(14-10-4-5-10)11(7-8)9(2)13/h3,6-7,9-10H,4-5,13H2,1-2H3. The second kappa shape index (κ2) is 3.62. The molecule has 0 aliphatic heterocycles. The second-order valence-electron chi connectivity index (χ2n) is 4.15. The van der Waals surface area contributed by atoms with Gasteiger partial charge in [-0.15, -0.1) is 0 Å². The highest BCUT2D eigenvalue weighted by atomic mass is 16.5. The molecule has 2 heteroatoms. The van der Waals surface area contributed by atoms with Gasteiger partial charge in [-0.2, -0.15) is 0 Å². The topological polar surface area (TPSA) is 35.2 Å². The van der Waals surface area contributed by atoms with Crippen molar-refractivity contribution in [2.75, 3.05) is 0 Å². The van der Waals surface area contributed by atoms with Gasteiger partial charge in [-0.3, -0.25) is 0 Å². The number of rotatable bonds is 3. The average molecular weight is 191 g/mol. The molecular weight excluding hydrogens is 174 g/mol. The van der Waals surface area contributed by atoms with Crippen LogP contribution >= 0.6 is 0 Å². The van der Waals surface area contributed by atoms with Crippen LogP contribution < -0.4 is 10.5 Å². The molecule has 0 spiro atoms. The van der Waals surface area contributed by atoms with Crippen LogP contribution in [0.3, 0.4) is 0 Å². The first-order valence-electron chi connectivity index (χ1n) is 5.19. The van der Waals surface area contributed by atoms with E-state index in [0.29, 0.717) is 6.10 Å². The molecule has 76 valence electrons. The Labute approximate surface area is 85.1 Å². The summed E-state index contributed by atoms with van der Waals surface area (Å²) in [7, 11) is 0. The van der Waals surface area contributed by atoms with Gasteiger partial charge in [0.05, 0.1) is 6.10 Å². The molecule has 1 saturated carbocycles. The molecule has 1 aliphatic rings. The van der Waals surface area contributed by atoms with Gasteiger partial charge < -0.3 is 10.5 Å². The minimum atomic E-state index is 0.0450. The number of nitrogens with two attached hydrogens (primary N) is 1. The van der Waals surface area contributed by atoms with Crippen LogP contribution in [0.15, 0.2) is 18.2 Å². The van der Waals surface area contributed by atoms with Gasteiger partial charge in [0.25, 0.3) is 0 Å². The van der Waals surface area contributed by atoms with Crippen molar-refractivity contribution in [2.45, 2.75) is 38.8 Å². The summed E-state index contributed by atoms with van der Waals surface area (Å²) in [6.07, 6.45) is 2.81. The number of hydrogen-bond donors (Lipinski definition) is 1. The van der Waals surface area contributed by atoms with E-state index in [1.54, 1.807) is 0 Å². The predicted molar refractivity (Wildman–Crippen MR) is 57.4 cm³/mol. The Bertz CT molecular complexity index is 329. The van der Waals surface area contributed by atoms with Crippen molar-refractivity contribution in [3.8, 4) is 5.75 Å². The molecular formula is C12H17NO. The Balaban J connectivity index is 2.26. The number of hydrogen-bond acceptors (Lipinski definition) is 2. The highest BCUT2D eigenvalue weighted by Crippen LogP contribution is 2.31. The van der Waals surface area contributed by atoms with Crippen LogP contribution in [-0.2, 0) is 0 Å². The quantitative estimate of drug-likeness (QED) is 0.797. The van der Waals surface area contributed by atoms with E-state index >= 15 is 0 Å². The fourth-order valence-electron chi connectivity index (χ4n) is 1.50. The van der Waals surface area contributed by atoms with Crippen molar-refractivity contribution in [3.63, 3.8) is 0 Å². The van der Waals surface area contributed by atoms with Gasteiger partial charge in [0.15, 0.2) is 0 Å². The van der Waals surface area contributed by atoms with Gasteiger partial charge >= 0.3 is 0 Å². The molecule has 1 aliphatic carbocycles. The molecule has 1 aromatic rings. The summed E-state index contributed by atoms with van der Waals surface area (Å²) in [5.74, 6) is 0.966. The minimum absolute atomic E-state index is 0.0450. The monoisotopic (exact) mass is 191 g/mol. The third-order valence-corrected chi connectivity index (χ3v) is 2.47. The highest BCUT2D eigenvalue weighted by molar-refractivity contribution is 5.39. The van der Waals surface area contributed by atoms with E-state index in [1.165, 1.54) is 18.4 Å². The van der Waals surface area contributed by atoms with Crippen molar-refractivity contribution < 1.29 is 4.74 Å². The van der Waals surface area contributed by atoms with Crippen molar-refractivity contribution in [3.05, 3.63) is 29.3 Å². The Morgan fingerprint density at radius 3 is 2.71 bits per heavy atom. The van der Waals surface area contributed by atoms with E-state index in [-0.39, 0.29) is 6.04 Å². The molecule has 14 heavy (non-hydrogen) atoms. The molecule has 2 nitrogen and oxygen atoms in total. The third-order valence-electron chi connectivity index (χ3n) is 2.47. The van der Waals surface area contributed by atoms with Gasteiger partial charge in [-0.1, -0.05) is 17.7 Å². The fraction of sp³-hybridized carbons (Fsp3) is 0.500. The zero-order valence-electron chi connectivity index (χ0n) is 8.79. The Kier molecular flexibility index (Phi) is 2.46. The van der Waals surface area contributed by atoms with Crippen molar-refractivity contribution in [1.82, 2.24) is 0 Å². The molecule has 0 bridgehead atoms. The summed E-state index contributed by atoms with van der Waals surface area (Å²) >= 11 is 0. The summed E-state index contributed by atoms with van der Waals surface area (Å²) in [6.45, 7) is 4.07. The van der Waals surface area contributed by atoms with Gasteiger partial charge in [0.2, 0.25) is 0 Å². The SMILES string of the molecule is Cc1ccc(OC2CC2)c(C(C)N)c1. The molecule has 0 aromatic heterocycles. The van der Waals surface area contributed by atoms with Crippen LogP contribution in [0.5, 0.6) is 5.75 Å². The highest BCUT2D eigenvalue weighted by Gasteiger charge is 2.24. The predicted octanol–water partition coefficient (Wildman–Crippen LogP) is 2.56. The summed E-state index contributed by atoms with van der Waals surface area (Å²) < 4.78 is 5.79. The Morgan fingerprint density at radius 1 is 1.43 bits per heavy atom. The summed E-state index contributed by atoms with van der Waals surface area (Å²) in [5.41, 5.74) is 8.26. The van der Waals surface area contributed by atoms with Crippen molar-refractivity contribution >= 4 is 0 Å². The first-order valence-corrected chi connectivity index (χ1v) is 5.19. The van der Waals surface area contributed by atoms with Crippen LogP contribution in [0.1, 0.15) is 36.9 Å². The number of aryl methyl sites for hydroxylation is 1. The lowest BCUT2D eigenvalue weighted by Crippen LogP contribution is -2.09. The largest absolute Gasteiger partial charge is 0.490 e. The van der Waals surface area contributed by atoms with Gasteiger partial charge in [-0.05, 0) is 32.8 Å². The molecule has 1 atom stereocenters. The smallest absolute Gasteiger partial charge is 0.124 e. The van der Waals surface area contributed by atoms with E-state index in [2.05, 4.69) is 19.1 Å². The minimum Gasteiger partial charge on any atom is -0.490 e. The fourth-order valence-corrected chi connectivity index (χ4v) is 1.50. The maximum absolute atomic E-state index is 5.90. The van der Waals surface area contributed by atoms with Crippen LogP contribution in [0.2, 0.25) is 0 Å². The Hall–Kier alpha value is -1.02. The van der Waals surface area contributed by atoms with Gasteiger partial charge in [0, 0.05) is 11.6 Å². The van der Waals surface area contributed by atoms with Crippen molar-refractivity contribution in [2.24, 2.45) is 5.73 Å². The van der Waals surface area contributed by atoms with E-state index < -0.39 is 0 Å². The molecule has 0 heterocycles. The molecule has 1 aromatic carbocycles. The molecule has 0 radical (unpaired) electrons. The molecule has 1 fully saturated rings. The Morgan fingerprint density at radius 2 is 2.14 bits per heavy atom. The lowest BCUT2D eigenvalue weighted by Gasteiger charge is -2.14. The third kappa shape index (κ3) is 2.07. The lowest BCUT2D eigenvalue weighted by atomic mass is 10.1. The van der Waals surface area contributed by atoms with E-state index in [4.69, 9.17) is 10.5 Å². The van der Waals surface area contributed by atoms with Crippen LogP contribution in [-0.4, -0.2) is 6.10 Å². The van der Waals surface area contributed by atoms with Crippen LogP contribution in [0, 0.1) is 6.92 Å². The normalized spacial score (nSPS) is 17.9. The van der Waals surface area contributed by atoms with Gasteiger partial charge in [-0.25, -0.2) is 0 Å². The molecule has 0 saturated heterocycles. The summed E-state index contributed by atoms with van der Waals surface area (Å²) in [6, 6.07) is 6.27. The van der Waals surface area contributed by atoms with Crippen LogP contribution in [0.25, 0.3) is 0 Å². The first-order chi connectivity index (χ1) is 6.66. The van der Waals surface area contributed by atoms with Gasteiger partial charge in [0.1, 0.15) is 5.75 Å². The zero-order chi connectivity index (χ0) is 10.1. The molecule has 0 amide bonds. The second-order valence-corrected chi connectivity index (χ2v) is 4.15. The lowest BCUT2D eigenvalue weighted by molar-refractivity contribution is 0.298. The summed E-state index contributed by atoms with van der Waals surface area (Å²) in [4.78, 5) is 0. The number of ether oxygens (including phenoxy) is 1. The summed E-state index contributed by atoms with van der Waals surface area (Å²) in [5, 5.41) is 0.